The molecule has 14 heavy (non-hydrogen) atoms. The van der Waals surface area contributed by atoms with Crippen LogP contribution in [0.4, 0.5) is 5.69 Å². The number of nitrogens with zero attached hydrogens (tertiary/aromatic N) is 3. The SMILES string of the molecule is Cc1c(N)cc(CN)cc1CN=[N+]=[N-]. The Morgan fingerprint density at radius 1 is 1.50 bits per heavy atom. The molecule has 1 aromatic carbocycles. The molecule has 0 bridgehead atoms. The minimum absolute atomic E-state index is 0.320. The van der Waals surface area contributed by atoms with Crippen molar-refractivity contribution in [2.45, 2.75) is 20.0 Å². The van der Waals surface area contributed by atoms with E-state index in [0.717, 1.165) is 16.7 Å². The first-order valence-electron chi connectivity index (χ1n) is 4.27. The summed E-state index contributed by atoms with van der Waals surface area (Å²) in [4.78, 5) is 2.71. The van der Waals surface area contributed by atoms with Crippen LogP contribution in [0.25, 0.3) is 10.4 Å². The molecule has 0 aliphatic rings. The highest BCUT2D eigenvalue weighted by atomic mass is 15.1. The predicted octanol–water partition coefficient (Wildman–Crippen LogP) is 1.85. The van der Waals surface area contributed by atoms with Crippen LogP contribution in [0.2, 0.25) is 0 Å². The number of anilines is 1. The first-order chi connectivity index (χ1) is 6.69. The highest BCUT2D eigenvalue weighted by Gasteiger charge is 2.03. The Morgan fingerprint density at radius 3 is 2.79 bits per heavy atom. The fraction of sp³-hybridized carbons (Fsp3) is 0.333. The molecular weight excluding hydrogens is 178 g/mol. The largest absolute Gasteiger partial charge is 0.398 e. The molecule has 0 heterocycles. The van der Waals surface area contributed by atoms with Crippen LogP contribution in [-0.2, 0) is 13.1 Å². The highest BCUT2D eigenvalue weighted by molar-refractivity contribution is 5.52. The number of hydrogen-bond acceptors (Lipinski definition) is 3. The van der Waals surface area contributed by atoms with Crippen molar-refractivity contribution in [3.63, 3.8) is 0 Å². The molecule has 0 saturated heterocycles. The summed E-state index contributed by atoms with van der Waals surface area (Å²) in [5.41, 5.74) is 23.0. The molecule has 0 aliphatic carbocycles. The van der Waals surface area contributed by atoms with Crippen molar-refractivity contribution in [1.82, 2.24) is 0 Å². The van der Waals surface area contributed by atoms with Gasteiger partial charge >= 0.3 is 0 Å². The standard InChI is InChI=1S/C9H13N5/c1-6-8(5-13-14-12)2-7(4-10)3-9(6)11/h2-3H,4-5,10-11H2,1H3. The number of benzene rings is 1. The molecule has 5 heteroatoms. The van der Waals surface area contributed by atoms with Crippen LogP contribution in [0.15, 0.2) is 17.2 Å². The molecule has 0 atom stereocenters. The first kappa shape index (κ1) is 10.4. The van der Waals surface area contributed by atoms with Crippen LogP contribution in [0, 0.1) is 6.92 Å². The smallest absolute Gasteiger partial charge is 0.0514 e. The zero-order valence-corrected chi connectivity index (χ0v) is 8.07. The van der Waals surface area contributed by atoms with Crippen molar-refractivity contribution in [2.75, 3.05) is 5.73 Å². The molecule has 74 valence electrons. The van der Waals surface area contributed by atoms with E-state index in [-0.39, 0.29) is 0 Å². The lowest BCUT2D eigenvalue weighted by atomic mass is 10.0. The molecule has 4 N–H and O–H groups in total. The average Bonchev–Trinajstić information content (AvgIpc) is 2.20. The highest BCUT2D eigenvalue weighted by Crippen LogP contribution is 2.19. The van der Waals surface area contributed by atoms with Gasteiger partial charge in [-0.3, -0.25) is 0 Å². The molecular formula is C9H13N5. The van der Waals surface area contributed by atoms with E-state index < -0.39 is 0 Å². The van der Waals surface area contributed by atoms with Gasteiger partial charge in [0.2, 0.25) is 0 Å². The fourth-order valence-electron chi connectivity index (χ4n) is 1.26. The predicted molar refractivity (Wildman–Crippen MR) is 56.3 cm³/mol. The second-order valence-corrected chi connectivity index (χ2v) is 3.06. The number of rotatable bonds is 3. The summed E-state index contributed by atoms with van der Waals surface area (Å²) < 4.78 is 0. The number of hydrogen-bond donors (Lipinski definition) is 2. The van der Waals surface area contributed by atoms with Gasteiger partial charge in [0, 0.05) is 17.1 Å². The van der Waals surface area contributed by atoms with E-state index in [1.807, 2.05) is 19.1 Å². The topological polar surface area (TPSA) is 101 Å². The molecule has 0 amide bonds. The number of azide groups is 1. The third-order valence-corrected chi connectivity index (χ3v) is 2.16. The Hall–Kier alpha value is -1.71. The molecule has 1 aromatic rings. The Kier molecular flexibility index (Phi) is 3.34. The molecule has 0 saturated carbocycles. The molecule has 1 rings (SSSR count). The van der Waals surface area contributed by atoms with E-state index in [9.17, 15) is 0 Å². The van der Waals surface area contributed by atoms with Gasteiger partial charge in [0.05, 0.1) is 6.54 Å². The summed E-state index contributed by atoms with van der Waals surface area (Å²) in [7, 11) is 0. The summed E-state index contributed by atoms with van der Waals surface area (Å²) in [6.07, 6.45) is 0. The van der Waals surface area contributed by atoms with Crippen LogP contribution in [-0.4, -0.2) is 0 Å². The van der Waals surface area contributed by atoms with Gasteiger partial charge in [0.25, 0.3) is 0 Å². The Morgan fingerprint density at radius 2 is 2.21 bits per heavy atom. The maximum atomic E-state index is 8.22. The summed E-state index contributed by atoms with van der Waals surface area (Å²) in [6.45, 7) is 2.66. The summed E-state index contributed by atoms with van der Waals surface area (Å²) in [5.74, 6) is 0. The normalized spacial score (nSPS) is 9.57. The molecule has 0 spiro atoms. The van der Waals surface area contributed by atoms with Gasteiger partial charge in [-0.1, -0.05) is 11.2 Å². The van der Waals surface area contributed by atoms with Gasteiger partial charge in [-0.2, -0.15) is 0 Å². The number of nitrogen functional groups attached to an aromatic ring is 1. The number of nitrogens with two attached hydrogens (primary N) is 2. The maximum absolute atomic E-state index is 8.22. The van der Waals surface area contributed by atoms with E-state index in [4.69, 9.17) is 17.0 Å². The van der Waals surface area contributed by atoms with Crippen LogP contribution < -0.4 is 11.5 Å². The van der Waals surface area contributed by atoms with E-state index in [1.54, 1.807) is 0 Å². The van der Waals surface area contributed by atoms with Crippen molar-refractivity contribution in [3.05, 3.63) is 39.3 Å². The van der Waals surface area contributed by atoms with Gasteiger partial charge in [-0.25, -0.2) is 0 Å². The van der Waals surface area contributed by atoms with Gasteiger partial charge in [0.15, 0.2) is 0 Å². The minimum atomic E-state index is 0.320. The van der Waals surface area contributed by atoms with E-state index in [1.165, 1.54) is 0 Å². The van der Waals surface area contributed by atoms with Gasteiger partial charge in [-0.05, 0) is 35.2 Å². The van der Waals surface area contributed by atoms with Crippen LogP contribution in [0.3, 0.4) is 0 Å². The van der Waals surface area contributed by atoms with Crippen LogP contribution in [0.5, 0.6) is 0 Å². The lowest BCUT2D eigenvalue weighted by molar-refractivity contribution is 1.00. The van der Waals surface area contributed by atoms with Crippen molar-refractivity contribution in [2.24, 2.45) is 10.8 Å². The molecule has 5 nitrogen and oxygen atoms in total. The van der Waals surface area contributed by atoms with Crippen LogP contribution in [0.1, 0.15) is 16.7 Å². The van der Waals surface area contributed by atoms with Crippen molar-refractivity contribution < 1.29 is 0 Å². The molecule has 0 fully saturated rings. The van der Waals surface area contributed by atoms with E-state index in [2.05, 4.69) is 10.0 Å². The lowest BCUT2D eigenvalue weighted by Gasteiger charge is -2.08. The zero-order valence-electron chi connectivity index (χ0n) is 8.07. The first-order valence-corrected chi connectivity index (χ1v) is 4.27. The second kappa shape index (κ2) is 4.50. The fourth-order valence-corrected chi connectivity index (χ4v) is 1.26. The molecule has 0 aromatic heterocycles. The van der Waals surface area contributed by atoms with Gasteiger partial charge in [0.1, 0.15) is 0 Å². The minimum Gasteiger partial charge on any atom is -0.398 e. The quantitative estimate of drug-likeness (QED) is 0.329. The van der Waals surface area contributed by atoms with E-state index in [0.29, 0.717) is 18.8 Å². The summed E-state index contributed by atoms with van der Waals surface area (Å²) >= 11 is 0. The van der Waals surface area contributed by atoms with E-state index >= 15 is 0 Å². The Bertz CT molecular complexity index is 379. The van der Waals surface area contributed by atoms with Gasteiger partial charge < -0.3 is 11.5 Å². The van der Waals surface area contributed by atoms with Gasteiger partial charge in [-0.15, -0.1) is 0 Å². The molecule has 0 unspecified atom stereocenters. The van der Waals surface area contributed by atoms with Crippen molar-refractivity contribution >= 4 is 5.69 Å². The summed E-state index contributed by atoms with van der Waals surface area (Å²) in [5, 5.41) is 3.50. The molecule has 0 radical (unpaired) electrons. The Labute approximate surface area is 82.3 Å². The molecule has 0 aliphatic heterocycles. The Balaban J connectivity index is 3.12. The monoisotopic (exact) mass is 191 g/mol. The maximum Gasteiger partial charge on any atom is 0.0514 e. The summed E-state index contributed by atoms with van der Waals surface area (Å²) in [6, 6.07) is 3.76. The zero-order chi connectivity index (χ0) is 10.6. The average molecular weight is 191 g/mol. The van der Waals surface area contributed by atoms with Crippen molar-refractivity contribution in [3.8, 4) is 0 Å². The van der Waals surface area contributed by atoms with Crippen molar-refractivity contribution in [1.29, 1.82) is 0 Å². The lowest BCUT2D eigenvalue weighted by Crippen LogP contribution is -2.02. The van der Waals surface area contributed by atoms with Crippen LogP contribution >= 0.6 is 0 Å². The third kappa shape index (κ3) is 2.16. The third-order valence-electron chi connectivity index (χ3n) is 2.16. The second-order valence-electron chi connectivity index (χ2n) is 3.06.